The highest BCUT2D eigenvalue weighted by molar-refractivity contribution is 7.13. The fourth-order valence-electron chi connectivity index (χ4n) is 2.87. The lowest BCUT2D eigenvalue weighted by atomic mass is 9.84. The van der Waals surface area contributed by atoms with Crippen LogP contribution < -0.4 is 5.32 Å². The molecule has 3 N–H and O–H groups in total. The number of thiazole rings is 1. The Bertz CT molecular complexity index is 647. The number of rotatable bonds is 5. The minimum Gasteiger partial charge on any atom is -0.396 e. The molecular weight excluding hydrogens is 314 g/mol. The average molecular weight is 335 g/mol. The van der Waals surface area contributed by atoms with Crippen molar-refractivity contribution in [2.24, 2.45) is 0 Å². The summed E-state index contributed by atoms with van der Waals surface area (Å²) in [5.41, 5.74) is 0.0601. The number of aromatic amines is 1. The molecule has 0 unspecified atom stereocenters. The first-order valence-corrected chi connectivity index (χ1v) is 8.57. The molecule has 0 radical (unpaired) electrons. The fourth-order valence-corrected chi connectivity index (χ4v) is 3.63. The van der Waals surface area contributed by atoms with Crippen LogP contribution in [0.25, 0.3) is 10.8 Å². The highest BCUT2D eigenvalue weighted by Crippen LogP contribution is 2.26. The Kier molecular flexibility index (Phi) is 4.74. The van der Waals surface area contributed by atoms with Gasteiger partial charge >= 0.3 is 0 Å². The number of piperidine rings is 1. The van der Waals surface area contributed by atoms with Crippen LogP contribution in [0.3, 0.4) is 0 Å². The van der Waals surface area contributed by atoms with Gasteiger partial charge in [-0.25, -0.2) is 9.97 Å². The topological polar surface area (TPSA) is 94.1 Å². The second-order valence-electron chi connectivity index (χ2n) is 5.99. The number of amides is 1. The van der Waals surface area contributed by atoms with Gasteiger partial charge in [0.1, 0.15) is 5.69 Å². The number of likely N-dealkylation sites (tertiary alicyclic amines) is 1. The summed E-state index contributed by atoms with van der Waals surface area (Å²) < 4.78 is 0. The van der Waals surface area contributed by atoms with Crippen molar-refractivity contribution in [2.75, 3.05) is 26.7 Å². The fraction of sp³-hybridized carbons (Fsp3) is 0.533. The van der Waals surface area contributed by atoms with Crippen molar-refractivity contribution in [3.63, 3.8) is 0 Å². The van der Waals surface area contributed by atoms with Crippen LogP contribution in [-0.2, 0) is 0 Å². The zero-order chi connectivity index (χ0) is 16.3. The van der Waals surface area contributed by atoms with Gasteiger partial charge in [0.25, 0.3) is 5.91 Å². The Morgan fingerprint density at radius 2 is 2.30 bits per heavy atom. The Morgan fingerprint density at radius 3 is 2.96 bits per heavy atom. The minimum absolute atomic E-state index is 0.0682. The Morgan fingerprint density at radius 1 is 1.52 bits per heavy atom. The number of nitrogens with zero attached hydrogens (tertiary/aromatic N) is 3. The van der Waals surface area contributed by atoms with Gasteiger partial charge in [0.2, 0.25) is 0 Å². The zero-order valence-corrected chi connectivity index (χ0v) is 13.9. The van der Waals surface area contributed by atoms with Crippen LogP contribution in [-0.4, -0.2) is 63.1 Å². The average Bonchev–Trinajstić information content (AvgIpc) is 3.21. The zero-order valence-electron chi connectivity index (χ0n) is 13.1. The second kappa shape index (κ2) is 6.77. The van der Waals surface area contributed by atoms with E-state index in [0.29, 0.717) is 22.9 Å². The number of aromatic nitrogens is 3. The molecule has 1 aliphatic rings. The number of nitrogens with one attached hydrogen (secondary N) is 2. The summed E-state index contributed by atoms with van der Waals surface area (Å²) in [7, 11) is 2.07. The van der Waals surface area contributed by atoms with E-state index < -0.39 is 0 Å². The highest BCUT2D eigenvalue weighted by atomic mass is 32.1. The Balaban J connectivity index is 1.72. The van der Waals surface area contributed by atoms with Gasteiger partial charge in [-0.2, -0.15) is 0 Å². The van der Waals surface area contributed by atoms with Gasteiger partial charge in [-0.3, -0.25) is 4.79 Å². The molecule has 23 heavy (non-hydrogen) atoms. The van der Waals surface area contributed by atoms with E-state index in [1.807, 2.05) is 0 Å². The maximum Gasteiger partial charge on any atom is 0.271 e. The van der Waals surface area contributed by atoms with Crippen molar-refractivity contribution < 1.29 is 9.90 Å². The molecule has 1 fully saturated rings. The first kappa shape index (κ1) is 16.1. The van der Waals surface area contributed by atoms with Crippen molar-refractivity contribution in [3.05, 3.63) is 23.5 Å². The third-order valence-corrected chi connectivity index (χ3v) is 5.20. The number of aliphatic hydroxyl groups is 1. The molecule has 1 amide bonds. The number of aliphatic hydroxyl groups excluding tert-OH is 1. The molecule has 7 nitrogen and oxygen atoms in total. The molecule has 3 heterocycles. The number of hydrogen-bond donors (Lipinski definition) is 3. The number of carbonyl (C=O) groups is 1. The minimum atomic E-state index is -0.340. The Labute approximate surface area is 138 Å². The van der Waals surface area contributed by atoms with Gasteiger partial charge in [-0.1, -0.05) is 0 Å². The number of carbonyl (C=O) groups excluding carboxylic acids is 1. The van der Waals surface area contributed by atoms with Crippen LogP contribution >= 0.6 is 11.3 Å². The summed E-state index contributed by atoms with van der Waals surface area (Å²) in [4.78, 5) is 26.3. The predicted molar refractivity (Wildman–Crippen MR) is 88.3 cm³/mol. The van der Waals surface area contributed by atoms with Gasteiger partial charge in [0, 0.05) is 43.0 Å². The van der Waals surface area contributed by atoms with Crippen LogP contribution in [0.1, 0.15) is 29.8 Å². The van der Waals surface area contributed by atoms with Crippen molar-refractivity contribution in [1.29, 1.82) is 0 Å². The van der Waals surface area contributed by atoms with Gasteiger partial charge in [-0.15, -0.1) is 11.3 Å². The molecule has 0 aromatic carbocycles. The molecule has 2 aromatic rings. The quantitative estimate of drug-likeness (QED) is 0.761. The lowest BCUT2D eigenvalue weighted by molar-refractivity contribution is 0.0774. The summed E-state index contributed by atoms with van der Waals surface area (Å²) in [6.07, 6.45) is 5.63. The summed E-state index contributed by atoms with van der Waals surface area (Å²) >= 11 is 1.39. The summed E-state index contributed by atoms with van der Waals surface area (Å²) in [5, 5.41) is 14.9. The molecule has 124 valence electrons. The molecule has 0 spiro atoms. The van der Waals surface area contributed by atoms with E-state index >= 15 is 0 Å². The summed E-state index contributed by atoms with van der Waals surface area (Å²) in [6, 6.07) is 0. The summed E-state index contributed by atoms with van der Waals surface area (Å²) in [6.45, 7) is 1.89. The molecule has 1 saturated heterocycles. The van der Waals surface area contributed by atoms with E-state index in [1.54, 1.807) is 17.8 Å². The molecule has 8 heteroatoms. The van der Waals surface area contributed by atoms with Crippen LogP contribution in [0.2, 0.25) is 0 Å². The van der Waals surface area contributed by atoms with Gasteiger partial charge in [0.15, 0.2) is 10.8 Å². The molecule has 0 bridgehead atoms. The molecule has 0 saturated carbocycles. The van der Waals surface area contributed by atoms with E-state index in [-0.39, 0.29) is 18.1 Å². The van der Waals surface area contributed by atoms with Crippen LogP contribution in [0.5, 0.6) is 0 Å². The summed E-state index contributed by atoms with van der Waals surface area (Å²) in [5.74, 6) is 0.482. The normalized spacial score (nSPS) is 18.0. The van der Waals surface area contributed by atoms with Gasteiger partial charge in [-0.05, 0) is 26.3 Å². The van der Waals surface area contributed by atoms with Crippen LogP contribution in [0.4, 0.5) is 0 Å². The van der Waals surface area contributed by atoms with E-state index in [2.05, 4.69) is 32.2 Å². The smallest absolute Gasteiger partial charge is 0.271 e. The van der Waals surface area contributed by atoms with Crippen LogP contribution in [0, 0.1) is 0 Å². The number of hydrogen-bond acceptors (Lipinski definition) is 6. The van der Waals surface area contributed by atoms with Crippen molar-refractivity contribution >= 4 is 17.2 Å². The standard InChI is InChI=1S/C15H21N5O2S/c1-20-7-2-15(3-8-20,4-9-21)19-13(22)11-10-23-14(18-11)12-16-5-6-17-12/h5-6,10,21H,2-4,7-9H2,1H3,(H,16,17)(H,19,22). The maximum absolute atomic E-state index is 12.6. The third-order valence-electron chi connectivity index (χ3n) is 4.35. The van der Waals surface area contributed by atoms with E-state index in [1.165, 1.54) is 11.3 Å². The van der Waals surface area contributed by atoms with Crippen molar-refractivity contribution in [1.82, 2.24) is 25.2 Å². The van der Waals surface area contributed by atoms with Crippen molar-refractivity contribution in [3.8, 4) is 10.8 Å². The first-order chi connectivity index (χ1) is 11.1. The van der Waals surface area contributed by atoms with E-state index in [9.17, 15) is 9.90 Å². The molecule has 2 aromatic heterocycles. The maximum atomic E-state index is 12.6. The monoisotopic (exact) mass is 335 g/mol. The molecule has 0 aliphatic carbocycles. The molecule has 0 atom stereocenters. The molecule has 1 aliphatic heterocycles. The lowest BCUT2D eigenvalue weighted by Gasteiger charge is -2.41. The second-order valence-corrected chi connectivity index (χ2v) is 6.85. The number of imidazole rings is 1. The van der Waals surface area contributed by atoms with Gasteiger partial charge in [0.05, 0.1) is 0 Å². The predicted octanol–water partition coefficient (Wildman–Crippen LogP) is 1.11. The number of H-pyrrole nitrogens is 1. The molecule has 3 rings (SSSR count). The largest absolute Gasteiger partial charge is 0.396 e. The Hall–Kier alpha value is -1.77. The van der Waals surface area contributed by atoms with E-state index in [0.717, 1.165) is 25.9 Å². The first-order valence-electron chi connectivity index (χ1n) is 7.69. The van der Waals surface area contributed by atoms with Crippen LogP contribution in [0.15, 0.2) is 17.8 Å². The molecular formula is C15H21N5O2S. The SMILES string of the molecule is CN1CCC(CCO)(NC(=O)c2csc(-c3ncc[nH]3)n2)CC1. The third kappa shape index (κ3) is 3.60. The highest BCUT2D eigenvalue weighted by Gasteiger charge is 2.35. The lowest BCUT2D eigenvalue weighted by Crippen LogP contribution is -2.55. The van der Waals surface area contributed by atoms with Gasteiger partial charge < -0.3 is 20.3 Å². The van der Waals surface area contributed by atoms with Crippen molar-refractivity contribution in [2.45, 2.75) is 24.8 Å². The van der Waals surface area contributed by atoms with E-state index in [4.69, 9.17) is 0 Å².